The van der Waals surface area contributed by atoms with E-state index in [4.69, 9.17) is 11.6 Å². The van der Waals surface area contributed by atoms with Gasteiger partial charge >= 0.3 is 0 Å². The van der Waals surface area contributed by atoms with Gasteiger partial charge in [0.15, 0.2) is 5.82 Å². The maximum Gasteiger partial charge on any atom is 0.151 e. The standard InChI is InChI=1S/C16H13BrClFN2/c1-9-11(17)5-3-7-13(9)21-14-8-4-6-12(19)15(14)20-16(21)10(2)18/h3-8,10H,1-2H3. The van der Waals surface area contributed by atoms with Gasteiger partial charge < -0.3 is 0 Å². The van der Waals surface area contributed by atoms with Crippen molar-refractivity contribution < 1.29 is 4.39 Å². The van der Waals surface area contributed by atoms with Gasteiger partial charge in [0.2, 0.25) is 0 Å². The molecule has 1 heterocycles. The van der Waals surface area contributed by atoms with Crippen molar-refractivity contribution in [3.63, 3.8) is 0 Å². The van der Waals surface area contributed by atoms with Crippen LogP contribution in [0.3, 0.4) is 0 Å². The van der Waals surface area contributed by atoms with E-state index in [1.807, 2.05) is 42.7 Å². The number of fused-ring (bicyclic) bond motifs is 1. The highest BCUT2D eigenvalue weighted by molar-refractivity contribution is 9.10. The summed E-state index contributed by atoms with van der Waals surface area (Å²) in [6.45, 7) is 3.84. The summed E-state index contributed by atoms with van der Waals surface area (Å²) in [6, 6.07) is 10.9. The molecule has 5 heteroatoms. The maximum atomic E-state index is 14.0. The Kier molecular flexibility index (Phi) is 3.76. The molecular weight excluding hydrogens is 355 g/mol. The molecule has 21 heavy (non-hydrogen) atoms. The van der Waals surface area contributed by atoms with Gasteiger partial charge in [-0.15, -0.1) is 11.6 Å². The number of hydrogen-bond donors (Lipinski definition) is 0. The zero-order chi connectivity index (χ0) is 15.1. The van der Waals surface area contributed by atoms with Crippen LogP contribution < -0.4 is 0 Å². The van der Waals surface area contributed by atoms with E-state index in [0.717, 1.165) is 21.2 Å². The van der Waals surface area contributed by atoms with Crippen LogP contribution in [0.1, 0.15) is 23.7 Å². The summed E-state index contributed by atoms with van der Waals surface area (Å²) in [7, 11) is 0. The van der Waals surface area contributed by atoms with Crippen LogP contribution in [0.5, 0.6) is 0 Å². The molecule has 0 radical (unpaired) electrons. The Bertz CT molecular complexity index is 827. The highest BCUT2D eigenvalue weighted by Gasteiger charge is 2.19. The molecule has 0 saturated carbocycles. The van der Waals surface area contributed by atoms with E-state index >= 15 is 0 Å². The Labute approximate surface area is 135 Å². The smallest absolute Gasteiger partial charge is 0.151 e. The summed E-state index contributed by atoms with van der Waals surface area (Å²) in [6.07, 6.45) is 0. The number of nitrogens with zero attached hydrogens (tertiary/aromatic N) is 2. The van der Waals surface area contributed by atoms with Crippen LogP contribution in [0.2, 0.25) is 0 Å². The van der Waals surface area contributed by atoms with Crippen LogP contribution in [0, 0.1) is 12.7 Å². The molecule has 0 N–H and O–H groups in total. The third kappa shape index (κ3) is 2.36. The van der Waals surface area contributed by atoms with Crippen LogP contribution in [0.15, 0.2) is 40.9 Å². The molecule has 0 aliphatic heterocycles. The van der Waals surface area contributed by atoms with Gasteiger partial charge in [0.05, 0.1) is 16.6 Å². The van der Waals surface area contributed by atoms with Crippen molar-refractivity contribution in [2.75, 3.05) is 0 Å². The van der Waals surface area contributed by atoms with Gasteiger partial charge in [0.1, 0.15) is 11.3 Å². The SMILES string of the molecule is Cc1c(Br)cccc1-n1c(C(C)Cl)nc2c(F)cccc21. The molecule has 3 aromatic rings. The van der Waals surface area contributed by atoms with E-state index in [0.29, 0.717) is 11.3 Å². The highest BCUT2D eigenvalue weighted by Crippen LogP contribution is 2.32. The zero-order valence-corrected chi connectivity index (χ0v) is 13.9. The monoisotopic (exact) mass is 366 g/mol. The zero-order valence-electron chi connectivity index (χ0n) is 11.6. The van der Waals surface area contributed by atoms with Crippen molar-refractivity contribution in [2.24, 2.45) is 0 Å². The normalized spacial score (nSPS) is 12.8. The lowest BCUT2D eigenvalue weighted by molar-refractivity contribution is 0.637. The number of hydrogen-bond acceptors (Lipinski definition) is 1. The number of imidazole rings is 1. The second-order valence-corrected chi connectivity index (χ2v) is 6.42. The first kappa shape index (κ1) is 14.5. The predicted octanol–water partition coefficient (Wildman–Crippen LogP) is 5.54. The van der Waals surface area contributed by atoms with Gasteiger partial charge in [-0.3, -0.25) is 4.57 Å². The Morgan fingerprint density at radius 3 is 2.67 bits per heavy atom. The minimum atomic E-state index is -0.336. The minimum Gasteiger partial charge on any atom is -0.295 e. The third-order valence-corrected chi connectivity index (χ3v) is 4.55. The molecule has 0 aliphatic carbocycles. The fourth-order valence-electron chi connectivity index (χ4n) is 2.44. The average Bonchev–Trinajstić information content (AvgIpc) is 2.83. The molecule has 0 bridgehead atoms. The summed E-state index contributed by atoms with van der Waals surface area (Å²) in [4.78, 5) is 4.40. The van der Waals surface area contributed by atoms with Gasteiger partial charge in [-0.05, 0) is 43.7 Å². The second kappa shape index (κ2) is 5.43. The van der Waals surface area contributed by atoms with Crippen LogP contribution in [-0.4, -0.2) is 9.55 Å². The molecule has 1 unspecified atom stereocenters. The lowest BCUT2D eigenvalue weighted by Gasteiger charge is -2.14. The van der Waals surface area contributed by atoms with Crippen LogP contribution in [0.4, 0.5) is 4.39 Å². The van der Waals surface area contributed by atoms with Crippen molar-refractivity contribution in [1.29, 1.82) is 0 Å². The van der Waals surface area contributed by atoms with E-state index in [1.54, 1.807) is 6.07 Å². The first-order valence-corrected chi connectivity index (χ1v) is 7.80. The number of benzene rings is 2. The van der Waals surface area contributed by atoms with Crippen molar-refractivity contribution >= 4 is 38.6 Å². The van der Waals surface area contributed by atoms with E-state index in [-0.39, 0.29) is 11.2 Å². The van der Waals surface area contributed by atoms with Gasteiger partial charge in [0.25, 0.3) is 0 Å². The molecule has 0 saturated heterocycles. The molecule has 0 spiro atoms. The molecule has 108 valence electrons. The third-order valence-electron chi connectivity index (χ3n) is 3.50. The quantitative estimate of drug-likeness (QED) is 0.544. The van der Waals surface area contributed by atoms with E-state index < -0.39 is 0 Å². The molecule has 0 aliphatic rings. The summed E-state index contributed by atoms with van der Waals surface area (Å²) >= 11 is 9.79. The van der Waals surface area contributed by atoms with Gasteiger partial charge in [0, 0.05) is 4.47 Å². The van der Waals surface area contributed by atoms with Crippen LogP contribution in [0.25, 0.3) is 16.7 Å². The molecular formula is C16H13BrClFN2. The van der Waals surface area contributed by atoms with Crippen LogP contribution in [-0.2, 0) is 0 Å². The summed E-state index contributed by atoms with van der Waals surface area (Å²) in [5.74, 6) is 0.301. The molecule has 2 aromatic carbocycles. The second-order valence-electron chi connectivity index (χ2n) is 4.91. The number of rotatable bonds is 2. The molecule has 1 atom stereocenters. The number of aromatic nitrogens is 2. The Morgan fingerprint density at radius 1 is 1.24 bits per heavy atom. The Balaban J connectivity index is 2.43. The largest absolute Gasteiger partial charge is 0.295 e. The molecule has 1 aromatic heterocycles. The predicted molar refractivity (Wildman–Crippen MR) is 87.7 cm³/mol. The van der Waals surface area contributed by atoms with Crippen LogP contribution >= 0.6 is 27.5 Å². The first-order valence-electron chi connectivity index (χ1n) is 6.57. The van der Waals surface area contributed by atoms with Crippen molar-refractivity contribution in [2.45, 2.75) is 19.2 Å². The van der Waals surface area contributed by atoms with Gasteiger partial charge in [-0.25, -0.2) is 9.37 Å². The Hall–Kier alpha value is -1.39. The lowest BCUT2D eigenvalue weighted by Crippen LogP contribution is -2.04. The van der Waals surface area contributed by atoms with Crippen molar-refractivity contribution in [3.05, 3.63) is 58.1 Å². The maximum absolute atomic E-state index is 14.0. The number of halogens is 3. The molecule has 3 rings (SSSR count). The van der Waals surface area contributed by atoms with E-state index in [2.05, 4.69) is 20.9 Å². The number of para-hydroxylation sites is 1. The first-order chi connectivity index (χ1) is 10.0. The topological polar surface area (TPSA) is 17.8 Å². The molecule has 0 fully saturated rings. The number of alkyl halides is 1. The fraction of sp³-hybridized carbons (Fsp3) is 0.188. The van der Waals surface area contributed by atoms with Gasteiger partial charge in [-0.1, -0.05) is 28.1 Å². The highest BCUT2D eigenvalue weighted by atomic mass is 79.9. The Morgan fingerprint density at radius 2 is 1.95 bits per heavy atom. The van der Waals surface area contributed by atoms with Crippen molar-refractivity contribution in [3.8, 4) is 5.69 Å². The summed E-state index contributed by atoms with van der Waals surface area (Å²) < 4.78 is 16.9. The van der Waals surface area contributed by atoms with Gasteiger partial charge in [-0.2, -0.15) is 0 Å². The molecule has 0 amide bonds. The van der Waals surface area contributed by atoms with E-state index in [9.17, 15) is 4.39 Å². The fourth-order valence-corrected chi connectivity index (χ4v) is 2.94. The lowest BCUT2D eigenvalue weighted by atomic mass is 10.2. The van der Waals surface area contributed by atoms with Crippen molar-refractivity contribution in [1.82, 2.24) is 9.55 Å². The summed E-state index contributed by atoms with van der Waals surface area (Å²) in [5.41, 5.74) is 3.07. The summed E-state index contributed by atoms with van der Waals surface area (Å²) in [5, 5.41) is -0.324. The minimum absolute atomic E-state index is 0.324. The average molecular weight is 368 g/mol. The van der Waals surface area contributed by atoms with E-state index in [1.165, 1.54) is 6.07 Å². The molecule has 2 nitrogen and oxygen atoms in total.